The quantitative estimate of drug-likeness (QED) is 0.163. The van der Waals surface area contributed by atoms with E-state index in [2.05, 4.69) is 4.18 Å². The lowest BCUT2D eigenvalue weighted by Crippen LogP contribution is -2.65. The van der Waals surface area contributed by atoms with E-state index in [9.17, 15) is 28.8 Å². The first-order valence-electron chi connectivity index (χ1n) is 10.9. The molecule has 0 amide bonds. The zero-order valence-electron chi connectivity index (χ0n) is 18.5. The molecule has 3 fully saturated rings. The van der Waals surface area contributed by atoms with Gasteiger partial charge in [-0.25, -0.2) is 4.18 Å². The van der Waals surface area contributed by atoms with Crippen LogP contribution in [0.1, 0.15) is 19.8 Å². The largest absolute Gasteiger partial charge is 0.397 e. The van der Waals surface area contributed by atoms with Crippen LogP contribution in [0.3, 0.4) is 0 Å². The van der Waals surface area contributed by atoms with E-state index in [0.29, 0.717) is 6.61 Å². The second-order valence-corrected chi connectivity index (χ2v) is 9.34. The van der Waals surface area contributed by atoms with Gasteiger partial charge in [-0.15, -0.1) is 0 Å². The number of ether oxygens (including phenoxy) is 6. The van der Waals surface area contributed by atoms with Crippen LogP contribution in [0.15, 0.2) is 0 Å². The fourth-order valence-corrected chi connectivity index (χ4v) is 4.17. The number of hydrogen-bond acceptors (Lipinski definition) is 14. The molecule has 0 spiro atoms. The van der Waals surface area contributed by atoms with Gasteiger partial charge in [-0.05, 0) is 6.92 Å². The van der Waals surface area contributed by atoms with Gasteiger partial charge in [-0.1, -0.05) is 0 Å². The number of aliphatic hydroxyl groups is 4. The van der Waals surface area contributed by atoms with Crippen LogP contribution in [0, 0.1) is 0 Å². The van der Waals surface area contributed by atoms with Gasteiger partial charge < -0.3 is 54.6 Å². The molecule has 3 rings (SSSR count). The minimum absolute atomic E-state index is 0.0588. The molecule has 0 aliphatic carbocycles. The van der Waals surface area contributed by atoms with E-state index in [0.717, 1.165) is 0 Å². The summed E-state index contributed by atoms with van der Waals surface area (Å²) in [5.41, 5.74) is 6.08. The maximum absolute atomic E-state index is 11.1. The lowest BCUT2D eigenvalue weighted by molar-refractivity contribution is -0.330. The Morgan fingerprint density at radius 1 is 0.971 bits per heavy atom. The smallest absolute Gasteiger partial charge is 0.390 e. The Hall–Kier alpha value is -0.570. The van der Waals surface area contributed by atoms with Gasteiger partial charge in [0.1, 0.15) is 30.5 Å². The second kappa shape index (κ2) is 12.1. The highest BCUT2D eigenvalue weighted by Crippen LogP contribution is 2.29. The van der Waals surface area contributed by atoms with E-state index >= 15 is 0 Å². The first-order valence-corrected chi connectivity index (χ1v) is 12.3. The molecule has 0 bridgehead atoms. The van der Waals surface area contributed by atoms with Crippen LogP contribution in [0.4, 0.5) is 0 Å². The fraction of sp³-hybridized carbons (Fsp3) is 1.00. The average Bonchev–Trinajstić information content (AvgIpc) is 2.76. The highest BCUT2D eigenvalue weighted by atomic mass is 32.3. The van der Waals surface area contributed by atoms with Crippen molar-refractivity contribution in [2.75, 3.05) is 26.4 Å². The highest BCUT2D eigenvalue weighted by molar-refractivity contribution is 7.80. The van der Waals surface area contributed by atoms with Gasteiger partial charge in [0.2, 0.25) is 0 Å². The van der Waals surface area contributed by atoms with Gasteiger partial charge in [-0.2, -0.15) is 8.42 Å². The summed E-state index contributed by atoms with van der Waals surface area (Å²) in [5.74, 6) is 0. The van der Waals surface area contributed by atoms with Crippen molar-refractivity contribution in [2.24, 2.45) is 5.73 Å². The molecule has 0 saturated carbocycles. The summed E-state index contributed by atoms with van der Waals surface area (Å²) in [6.07, 6.45) is -11.3. The predicted octanol–water partition coefficient (Wildman–Crippen LogP) is -3.40. The minimum Gasteiger partial charge on any atom is -0.390 e. The van der Waals surface area contributed by atoms with Crippen molar-refractivity contribution >= 4 is 10.4 Å². The monoisotopic (exact) mass is 519 g/mol. The Balaban J connectivity index is 1.68. The van der Waals surface area contributed by atoms with E-state index in [1.807, 2.05) is 0 Å². The second-order valence-electron chi connectivity index (χ2n) is 8.25. The van der Waals surface area contributed by atoms with Crippen LogP contribution >= 0.6 is 0 Å². The van der Waals surface area contributed by atoms with Crippen LogP contribution in [-0.2, 0) is 43.0 Å². The van der Waals surface area contributed by atoms with Crippen LogP contribution in [-0.4, -0.2) is 127 Å². The summed E-state index contributed by atoms with van der Waals surface area (Å²) < 4.78 is 68.7. The summed E-state index contributed by atoms with van der Waals surface area (Å²) in [7, 11) is -4.86. The molecule has 34 heavy (non-hydrogen) atoms. The Bertz CT molecular complexity index is 742. The maximum atomic E-state index is 11.1. The van der Waals surface area contributed by atoms with Crippen molar-refractivity contribution in [3.05, 3.63) is 0 Å². The van der Waals surface area contributed by atoms with Gasteiger partial charge in [0.15, 0.2) is 18.9 Å². The Morgan fingerprint density at radius 2 is 1.65 bits per heavy atom. The molecule has 2 unspecified atom stereocenters. The molecule has 3 heterocycles. The average molecular weight is 520 g/mol. The van der Waals surface area contributed by atoms with E-state index < -0.39 is 84.6 Å². The summed E-state index contributed by atoms with van der Waals surface area (Å²) in [5, 5.41) is 40.6. The predicted molar refractivity (Wildman–Crippen MR) is 108 cm³/mol. The summed E-state index contributed by atoms with van der Waals surface area (Å²) >= 11 is 0. The molecule has 7 N–H and O–H groups in total. The van der Waals surface area contributed by atoms with Crippen molar-refractivity contribution < 1.29 is 66.0 Å². The first-order chi connectivity index (χ1) is 16.0. The van der Waals surface area contributed by atoms with Crippen LogP contribution in [0.2, 0.25) is 0 Å². The van der Waals surface area contributed by atoms with Crippen molar-refractivity contribution in [1.82, 2.24) is 0 Å². The molecule has 11 atom stereocenters. The van der Waals surface area contributed by atoms with Gasteiger partial charge in [0.05, 0.1) is 38.1 Å². The number of rotatable bonds is 9. The highest BCUT2D eigenvalue weighted by Gasteiger charge is 2.48. The van der Waals surface area contributed by atoms with E-state index in [-0.39, 0.29) is 26.1 Å². The maximum Gasteiger partial charge on any atom is 0.397 e. The lowest BCUT2D eigenvalue weighted by Gasteiger charge is -2.46. The van der Waals surface area contributed by atoms with E-state index in [1.54, 1.807) is 6.92 Å². The zero-order chi connectivity index (χ0) is 25.0. The standard InChI is InChI=1S/C18H33NO14S/c1-2-27-13-4-9(21)11(6-29-13)31-18-15(19)16(23)17(12(32-18)7-30-34(24,25)26)33-14-3-8(20)10(22)5-28-14/h8-18,20-23H,2-7,19H2,1H3,(H,24,25,26)/t8-,9-,10+,11+,12?,13+,14-,15?,16+,17+,18+/m0/s1. The topological polar surface area (TPSA) is 226 Å². The number of aliphatic hydroxyl groups excluding tert-OH is 4. The van der Waals surface area contributed by atoms with Crippen molar-refractivity contribution in [2.45, 2.75) is 87.4 Å². The first kappa shape index (κ1) is 28.0. The molecule has 16 heteroatoms. The summed E-state index contributed by atoms with van der Waals surface area (Å²) in [6.45, 7) is 1.10. The van der Waals surface area contributed by atoms with Gasteiger partial charge >= 0.3 is 10.4 Å². The molecular weight excluding hydrogens is 486 g/mol. The minimum atomic E-state index is -4.86. The Kier molecular flexibility index (Phi) is 9.98. The van der Waals surface area contributed by atoms with E-state index in [4.69, 9.17) is 38.7 Å². The molecular formula is C18H33NO14S. The van der Waals surface area contributed by atoms with Crippen molar-refractivity contribution in [3.63, 3.8) is 0 Å². The molecule has 200 valence electrons. The SMILES string of the molecule is CCO[C@H]1C[C@H](O)[C@H](O[C@@H]2OC(COS(=O)(=O)O)[C@@H](O[C@H]3C[C@H](O)[C@H](O)CO3)[C@H](O)C2N)CO1. The molecule has 3 aliphatic rings. The molecule has 0 aromatic carbocycles. The van der Waals surface area contributed by atoms with Crippen molar-refractivity contribution in [1.29, 1.82) is 0 Å². The molecule has 3 saturated heterocycles. The summed E-state index contributed by atoms with van der Waals surface area (Å²) in [6, 6.07) is -1.22. The van der Waals surface area contributed by atoms with Gasteiger partial charge in [-0.3, -0.25) is 4.55 Å². The third-order valence-corrected chi connectivity index (χ3v) is 6.15. The molecule has 0 radical (unpaired) electrons. The third kappa shape index (κ3) is 7.47. The van der Waals surface area contributed by atoms with Crippen molar-refractivity contribution in [3.8, 4) is 0 Å². The Labute approximate surface area is 196 Å². The fourth-order valence-electron chi connectivity index (χ4n) is 3.86. The number of hydrogen-bond donors (Lipinski definition) is 6. The molecule has 3 aliphatic heterocycles. The van der Waals surface area contributed by atoms with Crippen LogP contribution < -0.4 is 5.73 Å². The lowest BCUT2D eigenvalue weighted by atomic mass is 9.97. The van der Waals surface area contributed by atoms with Gasteiger partial charge in [0.25, 0.3) is 0 Å². The third-order valence-electron chi connectivity index (χ3n) is 5.71. The van der Waals surface area contributed by atoms with Gasteiger partial charge in [0, 0.05) is 19.4 Å². The zero-order valence-corrected chi connectivity index (χ0v) is 19.3. The number of nitrogens with two attached hydrogens (primary N) is 1. The normalized spacial score (nSPS) is 44.1. The van der Waals surface area contributed by atoms with Crippen LogP contribution in [0.5, 0.6) is 0 Å². The molecule has 15 nitrogen and oxygen atoms in total. The van der Waals surface area contributed by atoms with E-state index in [1.165, 1.54) is 0 Å². The Morgan fingerprint density at radius 3 is 2.26 bits per heavy atom. The van der Waals surface area contributed by atoms with Crippen LogP contribution in [0.25, 0.3) is 0 Å². The molecule has 0 aromatic heterocycles. The molecule has 0 aromatic rings. The summed E-state index contributed by atoms with van der Waals surface area (Å²) in [4.78, 5) is 0.